The quantitative estimate of drug-likeness (QED) is 0.154. The van der Waals surface area contributed by atoms with Crippen molar-refractivity contribution < 1.29 is 34.4 Å². The molecule has 0 amide bonds. The van der Waals surface area contributed by atoms with Gasteiger partial charge in [-0.1, -0.05) is 50.2 Å². The van der Waals surface area contributed by atoms with E-state index in [1.807, 2.05) is 72.8 Å². The Labute approximate surface area is 261 Å². The van der Waals surface area contributed by atoms with Crippen LogP contribution in [0, 0.1) is 0 Å². The van der Waals surface area contributed by atoms with Crippen LogP contribution in [0.1, 0.15) is 36.1 Å². The molecule has 0 aliphatic carbocycles. The maximum atomic E-state index is 10.6. The third-order valence-electron chi connectivity index (χ3n) is 7.79. The predicted octanol–water partition coefficient (Wildman–Crippen LogP) is 8.12. The van der Waals surface area contributed by atoms with Gasteiger partial charge in [-0.25, -0.2) is 0 Å². The summed E-state index contributed by atoms with van der Waals surface area (Å²) in [6, 6.07) is 26.4. The zero-order chi connectivity index (χ0) is 28.8. The van der Waals surface area contributed by atoms with Gasteiger partial charge in [0.2, 0.25) is 0 Å². The number of phenols is 2. The number of hydrogen-bond donors (Lipinski definition) is 2. The van der Waals surface area contributed by atoms with E-state index in [2.05, 4.69) is 23.8 Å². The maximum absolute atomic E-state index is 10.6. The van der Waals surface area contributed by atoms with Crippen molar-refractivity contribution in [1.29, 1.82) is 0 Å². The summed E-state index contributed by atoms with van der Waals surface area (Å²) < 4.78 is 6.60. The third kappa shape index (κ3) is 4.84. The number of ether oxygens (including phenoxy) is 1. The van der Waals surface area contributed by atoms with Crippen LogP contribution >= 0.6 is 0 Å². The molecule has 1 aliphatic heterocycles. The molecule has 206 valence electrons. The number of pyridine rings is 2. The van der Waals surface area contributed by atoms with Gasteiger partial charge in [-0.2, -0.15) is 0 Å². The summed E-state index contributed by atoms with van der Waals surface area (Å²) >= 11 is 0. The maximum Gasteiger partial charge on any atom is 0.157 e. The smallest absolute Gasteiger partial charge is 0.157 e. The van der Waals surface area contributed by atoms with Crippen molar-refractivity contribution in [2.45, 2.75) is 19.3 Å². The molecule has 7 nitrogen and oxygen atoms in total. The number of benzene rings is 4. The first-order chi connectivity index (χ1) is 20.4. The SMILES string of the molecule is CC1(C)c2cccc(N=Cc3c(O)ccc4cccnc34)c2Oc2c(N=Cc3c(O)ccc4cccnc34)cccc21.[Zn]. The van der Waals surface area contributed by atoms with Crippen LogP contribution in [-0.4, -0.2) is 32.6 Å². The minimum atomic E-state index is -0.410. The summed E-state index contributed by atoms with van der Waals surface area (Å²) in [5.74, 6) is 1.45. The number of rotatable bonds is 4. The molecule has 3 heterocycles. The van der Waals surface area contributed by atoms with Crippen molar-refractivity contribution in [2.24, 2.45) is 9.98 Å². The van der Waals surface area contributed by atoms with Gasteiger partial charge in [0, 0.05) is 71.6 Å². The molecule has 0 fully saturated rings. The van der Waals surface area contributed by atoms with E-state index in [1.54, 1.807) is 37.0 Å². The number of nitrogens with zero attached hydrogens (tertiary/aromatic N) is 4. The Morgan fingerprint density at radius 3 is 1.56 bits per heavy atom. The normalized spacial score (nSPS) is 13.5. The van der Waals surface area contributed by atoms with Crippen LogP contribution in [0.4, 0.5) is 11.4 Å². The van der Waals surface area contributed by atoms with Crippen LogP contribution in [0.15, 0.2) is 107 Å². The van der Waals surface area contributed by atoms with Crippen molar-refractivity contribution >= 4 is 45.6 Å². The van der Waals surface area contributed by atoms with Gasteiger partial charge in [0.15, 0.2) is 11.5 Å². The van der Waals surface area contributed by atoms with Gasteiger partial charge in [0.1, 0.15) is 22.9 Å². The molecular formula is C35H26N4O3Zn. The fourth-order valence-corrected chi connectivity index (χ4v) is 5.54. The van der Waals surface area contributed by atoms with Crippen molar-refractivity contribution in [1.82, 2.24) is 9.97 Å². The average molecular weight is 616 g/mol. The summed E-state index contributed by atoms with van der Waals surface area (Å²) in [6.07, 6.45) is 6.66. The molecule has 0 unspecified atom stereocenters. The molecule has 4 aromatic carbocycles. The Hall–Kier alpha value is -4.94. The molecule has 6 aromatic rings. The molecule has 1 aliphatic rings. The van der Waals surface area contributed by atoms with Gasteiger partial charge in [0.05, 0.1) is 22.2 Å². The zero-order valence-corrected chi connectivity index (χ0v) is 26.7. The number of aliphatic imine (C=N–C) groups is 2. The Kier molecular flexibility index (Phi) is 7.24. The van der Waals surface area contributed by atoms with Gasteiger partial charge in [-0.15, -0.1) is 0 Å². The summed E-state index contributed by atoms with van der Waals surface area (Å²) in [4.78, 5) is 18.5. The van der Waals surface area contributed by atoms with Crippen molar-refractivity contribution in [3.8, 4) is 23.0 Å². The van der Waals surface area contributed by atoms with E-state index < -0.39 is 5.41 Å². The van der Waals surface area contributed by atoms with Gasteiger partial charge >= 0.3 is 0 Å². The van der Waals surface area contributed by atoms with Crippen LogP contribution in [0.3, 0.4) is 0 Å². The number of fused-ring (bicyclic) bond motifs is 4. The zero-order valence-electron chi connectivity index (χ0n) is 23.7. The van der Waals surface area contributed by atoms with Crippen LogP contribution in [0.5, 0.6) is 23.0 Å². The number of hydrogen-bond acceptors (Lipinski definition) is 7. The Morgan fingerprint density at radius 1 is 0.628 bits per heavy atom. The van der Waals surface area contributed by atoms with Gasteiger partial charge in [0.25, 0.3) is 0 Å². The Bertz CT molecular complexity index is 1940. The summed E-state index contributed by atoms with van der Waals surface area (Å²) in [6.45, 7) is 4.30. The monoisotopic (exact) mass is 614 g/mol. The topological polar surface area (TPSA) is 100 Å². The molecular weight excluding hydrogens is 590 g/mol. The average Bonchev–Trinajstić information content (AvgIpc) is 3.00. The Balaban J connectivity index is 0.00000329. The first-order valence-electron chi connectivity index (χ1n) is 13.6. The number of aromatic nitrogens is 2. The van der Waals surface area contributed by atoms with Crippen molar-refractivity contribution in [3.63, 3.8) is 0 Å². The summed E-state index contributed by atoms with van der Waals surface area (Å²) in [5, 5.41) is 23.0. The van der Waals surface area contributed by atoms with Gasteiger partial charge in [-0.05, 0) is 48.5 Å². The molecule has 43 heavy (non-hydrogen) atoms. The summed E-state index contributed by atoms with van der Waals surface area (Å²) in [7, 11) is 0. The van der Waals surface area contributed by atoms with E-state index in [0.29, 0.717) is 45.0 Å². The first-order valence-corrected chi connectivity index (χ1v) is 13.6. The minimum Gasteiger partial charge on any atom is -0.507 e. The van der Waals surface area contributed by atoms with Crippen LogP contribution in [0.2, 0.25) is 0 Å². The molecule has 7 rings (SSSR count). The molecule has 0 bridgehead atoms. The number of para-hydroxylation sites is 2. The van der Waals surface area contributed by atoms with Gasteiger partial charge in [-0.3, -0.25) is 20.0 Å². The second-order valence-electron chi connectivity index (χ2n) is 10.7. The molecule has 2 aromatic heterocycles. The van der Waals surface area contributed by atoms with E-state index in [1.165, 1.54) is 0 Å². The fraction of sp³-hybridized carbons (Fsp3) is 0.0857. The Morgan fingerprint density at radius 2 is 1.09 bits per heavy atom. The van der Waals surface area contributed by atoms with Crippen LogP contribution < -0.4 is 4.74 Å². The van der Waals surface area contributed by atoms with Crippen LogP contribution in [-0.2, 0) is 24.9 Å². The van der Waals surface area contributed by atoms with Crippen LogP contribution in [0.25, 0.3) is 21.8 Å². The predicted molar refractivity (Wildman–Crippen MR) is 166 cm³/mol. The van der Waals surface area contributed by atoms with Crippen molar-refractivity contribution in [2.75, 3.05) is 0 Å². The molecule has 8 heteroatoms. The number of phenolic OH excluding ortho intramolecular Hbond substituents is 2. The van der Waals surface area contributed by atoms with E-state index in [0.717, 1.165) is 21.9 Å². The molecule has 2 N–H and O–H groups in total. The van der Waals surface area contributed by atoms with Crippen molar-refractivity contribution in [3.05, 3.63) is 120 Å². The minimum absolute atomic E-state index is 0. The second-order valence-corrected chi connectivity index (χ2v) is 10.7. The van der Waals surface area contributed by atoms with E-state index in [-0.39, 0.29) is 31.0 Å². The number of aromatic hydroxyl groups is 2. The van der Waals surface area contributed by atoms with E-state index in [9.17, 15) is 10.2 Å². The molecule has 0 saturated carbocycles. The fourth-order valence-electron chi connectivity index (χ4n) is 5.54. The second kappa shape index (κ2) is 11.0. The first kappa shape index (κ1) is 28.2. The largest absolute Gasteiger partial charge is 0.507 e. The third-order valence-corrected chi connectivity index (χ3v) is 7.79. The molecule has 0 saturated heterocycles. The molecule has 0 spiro atoms. The van der Waals surface area contributed by atoms with E-state index >= 15 is 0 Å². The summed E-state index contributed by atoms with van der Waals surface area (Å²) in [5.41, 5.74) is 5.21. The molecule has 0 atom stereocenters. The van der Waals surface area contributed by atoms with Gasteiger partial charge < -0.3 is 14.9 Å². The van der Waals surface area contributed by atoms with E-state index in [4.69, 9.17) is 14.7 Å². The standard InChI is InChI=1S/C35H26N4O3.Zn/c1-35(2)25-9-3-11-27(38-19-23-29(40)15-13-21-7-5-17-36-31(21)23)33(25)42-34-26(35)10-4-12-28(34)39-20-24-30(41)16-14-22-8-6-18-37-32(22)24;/h3-20,40-41H,1-2H3;. The molecule has 0 radical (unpaired) electrons.